The van der Waals surface area contributed by atoms with Gasteiger partial charge in [0.05, 0.1) is 17.0 Å². The quantitative estimate of drug-likeness (QED) is 0.340. The average Bonchev–Trinajstić information content (AvgIpc) is 3.10. The molecular weight excluding hydrogens is 369 g/mol. The first-order valence-corrected chi connectivity index (χ1v) is 9.11. The number of ether oxygens (including phenoxy) is 1. The second-order valence-corrected chi connectivity index (χ2v) is 6.74. The molecule has 0 unspecified atom stereocenters. The number of ketones is 1. The number of aromatic nitrogens is 1. The summed E-state index contributed by atoms with van der Waals surface area (Å²) in [7, 11) is 0. The zero-order valence-corrected chi connectivity index (χ0v) is 15.3. The van der Waals surface area contributed by atoms with Crippen LogP contribution >= 0.6 is 11.8 Å². The number of carbonyl (C=O) groups is 2. The minimum Gasteiger partial charge on any atom is -0.454 e. The van der Waals surface area contributed by atoms with E-state index in [-0.39, 0.29) is 5.56 Å². The zero-order valence-electron chi connectivity index (χ0n) is 14.5. The molecule has 0 atom stereocenters. The maximum atomic E-state index is 12.9. The molecule has 0 amide bonds. The Kier molecular flexibility index (Phi) is 6.03. The fourth-order valence-corrected chi connectivity index (χ4v) is 3.24. The maximum absolute atomic E-state index is 12.9. The summed E-state index contributed by atoms with van der Waals surface area (Å²) in [5.41, 5.74) is 1.44. The van der Waals surface area contributed by atoms with E-state index in [9.17, 15) is 14.0 Å². The summed E-state index contributed by atoms with van der Waals surface area (Å²) >= 11 is 1.41. The number of hydrogen-bond acceptors (Lipinski definition) is 6. The molecular formula is C20H16FNO4S. The van der Waals surface area contributed by atoms with Crippen molar-refractivity contribution in [2.24, 2.45) is 0 Å². The summed E-state index contributed by atoms with van der Waals surface area (Å²) in [4.78, 5) is 25.2. The van der Waals surface area contributed by atoms with E-state index in [1.54, 1.807) is 18.2 Å². The van der Waals surface area contributed by atoms with E-state index in [1.165, 1.54) is 36.0 Å². The van der Waals surface area contributed by atoms with Gasteiger partial charge in [-0.3, -0.25) is 4.79 Å². The van der Waals surface area contributed by atoms with E-state index >= 15 is 0 Å². The third-order valence-electron chi connectivity index (χ3n) is 3.65. The first kappa shape index (κ1) is 18.8. The Balaban J connectivity index is 1.62. The predicted molar refractivity (Wildman–Crippen MR) is 98.3 cm³/mol. The summed E-state index contributed by atoms with van der Waals surface area (Å²) in [5, 5.41) is 3.83. The van der Waals surface area contributed by atoms with Crippen molar-refractivity contribution in [3.05, 3.63) is 83.0 Å². The van der Waals surface area contributed by atoms with E-state index in [2.05, 4.69) is 5.16 Å². The number of benzene rings is 2. The van der Waals surface area contributed by atoms with Gasteiger partial charge in [0, 0.05) is 16.5 Å². The highest BCUT2D eigenvalue weighted by Gasteiger charge is 2.16. The normalized spacial score (nSPS) is 10.6. The van der Waals surface area contributed by atoms with E-state index in [0.29, 0.717) is 22.0 Å². The number of rotatable bonds is 7. The second-order valence-electron chi connectivity index (χ2n) is 5.73. The fourth-order valence-electron chi connectivity index (χ4n) is 2.32. The van der Waals surface area contributed by atoms with Crippen LogP contribution in [0.1, 0.15) is 32.2 Å². The van der Waals surface area contributed by atoms with Crippen molar-refractivity contribution in [3.8, 4) is 0 Å². The third kappa shape index (κ3) is 5.04. The Morgan fingerprint density at radius 3 is 2.59 bits per heavy atom. The van der Waals surface area contributed by atoms with Gasteiger partial charge in [-0.2, -0.15) is 0 Å². The molecule has 0 spiro atoms. The van der Waals surface area contributed by atoms with Gasteiger partial charge in [0.25, 0.3) is 0 Å². The summed E-state index contributed by atoms with van der Waals surface area (Å²) < 4.78 is 23.2. The number of halogens is 1. The lowest BCUT2D eigenvalue weighted by Crippen LogP contribution is -2.15. The maximum Gasteiger partial charge on any atom is 0.339 e. The Labute approximate surface area is 159 Å². The molecule has 0 N–H and O–H groups in total. The van der Waals surface area contributed by atoms with Crippen LogP contribution in [-0.2, 0) is 10.5 Å². The van der Waals surface area contributed by atoms with E-state index in [1.807, 2.05) is 19.1 Å². The smallest absolute Gasteiger partial charge is 0.339 e. The molecule has 0 radical (unpaired) electrons. The molecule has 1 aromatic heterocycles. The summed E-state index contributed by atoms with van der Waals surface area (Å²) in [6, 6.07) is 13.9. The van der Waals surface area contributed by atoms with E-state index in [0.717, 1.165) is 5.69 Å². The predicted octanol–water partition coefficient (Wildman–Crippen LogP) is 4.45. The minimum absolute atomic E-state index is 0.285. The lowest BCUT2D eigenvalue weighted by molar-refractivity contribution is 0.0471. The number of carbonyl (C=O) groups excluding carboxylic acids is 2. The van der Waals surface area contributed by atoms with Crippen molar-refractivity contribution in [2.75, 3.05) is 6.61 Å². The molecule has 1 heterocycles. The van der Waals surface area contributed by atoms with Gasteiger partial charge in [-0.05, 0) is 43.3 Å². The molecule has 0 aliphatic heterocycles. The van der Waals surface area contributed by atoms with Gasteiger partial charge < -0.3 is 9.26 Å². The van der Waals surface area contributed by atoms with Crippen molar-refractivity contribution in [1.82, 2.24) is 5.16 Å². The molecule has 0 aliphatic carbocycles. The van der Waals surface area contributed by atoms with Crippen molar-refractivity contribution in [3.63, 3.8) is 0 Å². The Bertz CT molecular complexity index is 953. The van der Waals surface area contributed by atoms with Crippen LogP contribution in [0.4, 0.5) is 4.39 Å². The molecule has 0 bridgehead atoms. The van der Waals surface area contributed by atoms with Gasteiger partial charge in [0.2, 0.25) is 0 Å². The number of nitrogens with zero attached hydrogens (tertiary/aromatic N) is 1. The summed E-state index contributed by atoms with van der Waals surface area (Å²) in [5.74, 6) is -0.212. The van der Waals surface area contributed by atoms with Crippen molar-refractivity contribution < 1.29 is 23.2 Å². The molecule has 5 nitrogen and oxygen atoms in total. The number of Topliss-reactive ketones (excluding diaryl/α,β-unsaturated/α-hetero) is 1. The standard InChI is InChI=1S/C20H16FNO4S/c1-13-10-16(26-22-13)12-27-19-5-3-2-4-17(19)20(24)25-11-18(23)14-6-8-15(21)9-7-14/h2-10H,11-12H2,1H3. The zero-order chi connectivity index (χ0) is 19.2. The highest BCUT2D eigenvalue weighted by atomic mass is 32.2. The van der Waals surface area contributed by atoms with Gasteiger partial charge in [-0.1, -0.05) is 17.3 Å². The van der Waals surface area contributed by atoms with Crippen LogP contribution in [0.2, 0.25) is 0 Å². The average molecular weight is 385 g/mol. The Morgan fingerprint density at radius 2 is 1.89 bits per heavy atom. The van der Waals surface area contributed by atoms with Crippen LogP contribution in [0.3, 0.4) is 0 Å². The molecule has 27 heavy (non-hydrogen) atoms. The van der Waals surface area contributed by atoms with E-state index in [4.69, 9.17) is 9.26 Å². The number of hydrogen-bond donors (Lipinski definition) is 0. The number of esters is 1. The van der Waals surface area contributed by atoms with Crippen LogP contribution in [-0.4, -0.2) is 23.5 Å². The summed E-state index contributed by atoms with van der Waals surface area (Å²) in [6.07, 6.45) is 0. The highest BCUT2D eigenvalue weighted by molar-refractivity contribution is 7.98. The molecule has 0 saturated carbocycles. The monoisotopic (exact) mass is 385 g/mol. The molecule has 3 aromatic rings. The van der Waals surface area contributed by atoms with Gasteiger partial charge in [0.1, 0.15) is 11.6 Å². The van der Waals surface area contributed by atoms with Crippen LogP contribution in [0.25, 0.3) is 0 Å². The topological polar surface area (TPSA) is 69.4 Å². The molecule has 0 fully saturated rings. The number of thioether (sulfide) groups is 1. The first-order valence-electron chi connectivity index (χ1n) is 8.13. The van der Waals surface area contributed by atoms with Gasteiger partial charge >= 0.3 is 5.97 Å². The van der Waals surface area contributed by atoms with Crippen LogP contribution in [0.5, 0.6) is 0 Å². The molecule has 0 saturated heterocycles. The fraction of sp³-hybridized carbons (Fsp3) is 0.150. The Morgan fingerprint density at radius 1 is 1.15 bits per heavy atom. The lowest BCUT2D eigenvalue weighted by atomic mass is 10.1. The molecule has 2 aromatic carbocycles. The highest BCUT2D eigenvalue weighted by Crippen LogP contribution is 2.27. The number of aryl methyl sites for hydroxylation is 1. The third-order valence-corrected chi connectivity index (χ3v) is 4.75. The molecule has 138 valence electrons. The van der Waals surface area contributed by atoms with Crippen LogP contribution in [0.15, 0.2) is 64.0 Å². The Hall–Kier alpha value is -2.93. The molecule has 3 rings (SSSR count). The van der Waals surface area contributed by atoms with Crippen LogP contribution < -0.4 is 0 Å². The van der Waals surface area contributed by atoms with Gasteiger partial charge in [0.15, 0.2) is 12.4 Å². The van der Waals surface area contributed by atoms with E-state index < -0.39 is 24.2 Å². The van der Waals surface area contributed by atoms with Crippen molar-refractivity contribution >= 4 is 23.5 Å². The minimum atomic E-state index is -0.595. The van der Waals surface area contributed by atoms with Gasteiger partial charge in [-0.25, -0.2) is 9.18 Å². The lowest BCUT2D eigenvalue weighted by Gasteiger charge is -2.08. The van der Waals surface area contributed by atoms with Crippen LogP contribution in [0, 0.1) is 12.7 Å². The summed E-state index contributed by atoms with van der Waals surface area (Å²) in [6.45, 7) is 1.42. The first-order chi connectivity index (χ1) is 13.0. The van der Waals surface area contributed by atoms with Crippen molar-refractivity contribution in [2.45, 2.75) is 17.6 Å². The second kappa shape index (κ2) is 8.64. The SMILES string of the molecule is Cc1cc(CSc2ccccc2C(=O)OCC(=O)c2ccc(F)cc2)on1. The van der Waals surface area contributed by atoms with Gasteiger partial charge in [-0.15, -0.1) is 11.8 Å². The molecule has 7 heteroatoms. The largest absolute Gasteiger partial charge is 0.454 e. The van der Waals surface area contributed by atoms with Crippen molar-refractivity contribution in [1.29, 1.82) is 0 Å². The molecule has 0 aliphatic rings.